The molecule has 5 nitrogen and oxygen atoms in total. The Morgan fingerprint density at radius 2 is 2.35 bits per heavy atom. The molecule has 0 unspecified atom stereocenters. The van der Waals surface area contributed by atoms with Crippen LogP contribution in [0.25, 0.3) is 11.1 Å². The fraction of sp³-hybridized carbons (Fsp3) is 0.316. The van der Waals surface area contributed by atoms with Gasteiger partial charge in [-0.3, -0.25) is 4.79 Å². The fourth-order valence-electron chi connectivity index (χ4n) is 3.16. The Kier molecular flexibility index (Phi) is 4.70. The van der Waals surface area contributed by atoms with Crippen LogP contribution in [0.3, 0.4) is 0 Å². The molecule has 0 radical (unpaired) electrons. The second-order valence-electron chi connectivity index (χ2n) is 6.45. The zero-order valence-corrected chi connectivity index (χ0v) is 15.9. The summed E-state index contributed by atoms with van der Waals surface area (Å²) in [6.45, 7) is 2.23. The number of benzene rings is 1. The maximum Gasteiger partial charge on any atom is 0.257 e. The van der Waals surface area contributed by atoms with Gasteiger partial charge < -0.3 is 9.73 Å². The normalized spacial score (nSPS) is 16.2. The monoisotopic (exact) mass is 383 g/mol. The van der Waals surface area contributed by atoms with Crippen molar-refractivity contribution in [1.82, 2.24) is 4.98 Å². The predicted octanol–water partition coefficient (Wildman–Crippen LogP) is 4.62. The standard InChI is InChI=1S/C19H17N3O2S2/c1-11-6-7-12-13(9-20)18(26-16(12)8-11)22-17(23)10-25-19-21-14-4-2-3-5-15(14)24-19/h2-5,11H,6-8,10H2,1H3,(H,22,23)/t11-/m1/s1. The van der Waals surface area contributed by atoms with Crippen LogP contribution in [0.2, 0.25) is 0 Å². The number of thioether (sulfide) groups is 1. The molecular weight excluding hydrogens is 366 g/mol. The Morgan fingerprint density at radius 1 is 1.50 bits per heavy atom. The van der Waals surface area contributed by atoms with E-state index >= 15 is 0 Å². The lowest BCUT2D eigenvalue weighted by Gasteiger charge is -2.17. The van der Waals surface area contributed by atoms with Gasteiger partial charge in [0, 0.05) is 4.88 Å². The third kappa shape index (κ3) is 3.35. The maximum absolute atomic E-state index is 12.3. The highest BCUT2D eigenvalue weighted by molar-refractivity contribution is 7.99. The van der Waals surface area contributed by atoms with Crippen LogP contribution < -0.4 is 5.32 Å². The number of carbonyl (C=O) groups is 1. The second-order valence-corrected chi connectivity index (χ2v) is 8.48. The van der Waals surface area contributed by atoms with Crippen molar-refractivity contribution in [3.8, 4) is 6.07 Å². The van der Waals surface area contributed by atoms with E-state index in [1.807, 2.05) is 24.3 Å². The lowest BCUT2D eigenvalue weighted by atomic mass is 9.89. The molecule has 1 aromatic carbocycles. The van der Waals surface area contributed by atoms with Gasteiger partial charge in [0.05, 0.1) is 11.3 Å². The number of thiophene rings is 1. The minimum absolute atomic E-state index is 0.152. The lowest BCUT2D eigenvalue weighted by Crippen LogP contribution is -2.14. The van der Waals surface area contributed by atoms with Crippen molar-refractivity contribution in [2.45, 2.75) is 31.4 Å². The summed E-state index contributed by atoms with van der Waals surface area (Å²) in [4.78, 5) is 17.9. The van der Waals surface area contributed by atoms with E-state index in [1.165, 1.54) is 16.6 Å². The Labute approximate surface area is 159 Å². The average Bonchev–Trinajstić information content (AvgIpc) is 3.19. The highest BCUT2D eigenvalue weighted by Gasteiger charge is 2.24. The molecule has 1 amide bonds. The predicted molar refractivity (Wildman–Crippen MR) is 104 cm³/mol. The Morgan fingerprint density at radius 3 is 3.15 bits per heavy atom. The average molecular weight is 383 g/mol. The quantitative estimate of drug-likeness (QED) is 0.665. The molecule has 0 fully saturated rings. The number of hydrogen-bond acceptors (Lipinski definition) is 6. The van der Waals surface area contributed by atoms with Gasteiger partial charge in [0.25, 0.3) is 5.22 Å². The molecule has 1 atom stereocenters. The van der Waals surface area contributed by atoms with Crippen molar-refractivity contribution in [2.75, 3.05) is 11.1 Å². The number of anilines is 1. The number of nitrogens with one attached hydrogen (secondary N) is 1. The summed E-state index contributed by atoms with van der Waals surface area (Å²) < 4.78 is 5.61. The number of rotatable bonds is 4. The van der Waals surface area contributed by atoms with Gasteiger partial charge in [-0.15, -0.1) is 11.3 Å². The second kappa shape index (κ2) is 7.14. The first-order chi connectivity index (χ1) is 12.6. The van der Waals surface area contributed by atoms with Crippen molar-refractivity contribution in [2.24, 2.45) is 5.92 Å². The molecule has 0 saturated heterocycles. The molecule has 0 saturated carbocycles. The SMILES string of the molecule is C[C@@H]1CCc2c(sc(NC(=O)CSc3nc4ccccc4o3)c2C#N)C1. The number of nitrogens with zero attached hydrogens (tertiary/aromatic N) is 2. The summed E-state index contributed by atoms with van der Waals surface area (Å²) in [7, 11) is 0. The van der Waals surface area contributed by atoms with Crippen LogP contribution in [0.15, 0.2) is 33.9 Å². The molecule has 0 aliphatic heterocycles. The van der Waals surface area contributed by atoms with Crippen LogP contribution in [0.4, 0.5) is 5.00 Å². The van der Waals surface area contributed by atoms with Gasteiger partial charge in [-0.25, -0.2) is 4.98 Å². The summed E-state index contributed by atoms with van der Waals surface area (Å²) in [5, 5.41) is 13.6. The fourth-order valence-corrected chi connectivity index (χ4v) is 5.18. The molecule has 0 spiro atoms. The Balaban J connectivity index is 1.44. The van der Waals surface area contributed by atoms with Crippen molar-refractivity contribution in [1.29, 1.82) is 5.26 Å². The number of para-hydroxylation sites is 2. The number of nitriles is 1. The zero-order chi connectivity index (χ0) is 18.1. The smallest absolute Gasteiger partial charge is 0.257 e. The number of aromatic nitrogens is 1. The first kappa shape index (κ1) is 17.1. The Hall–Kier alpha value is -2.30. The molecule has 2 aromatic heterocycles. The number of amides is 1. The molecule has 2 heterocycles. The molecule has 1 N–H and O–H groups in total. The van der Waals surface area contributed by atoms with E-state index in [0.717, 1.165) is 30.3 Å². The third-order valence-electron chi connectivity index (χ3n) is 4.48. The molecule has 4 rings (SSSR count). The van der Waals surface area contributed by atoms with Crippen LogP contribution in [0, 0.1) is 17.2 Å². The van der Waals surface area contributed by atoms with Gasteiger partial charge in [-0.05, 0) is 42.9 Å². The molecule has 132 valence electrons. The van der Waals surface area contributed by atoms with Gasteiger partial charge in [-0.1, -0.05) is 30.8 Å². The first-order valence-corrected chi connectivity index (χ1v) is 10.3. The maximum atomic E-state index is 12.3. The number of hydrogen-bond donors (Lipinski definition) is 1. The minimum Gasteiger partial charge on any atom is -0.431 e. The number of oxazole rings is 1. The van der Waals surface area contributed by atoms with Crippen LogP contribution >= 0.6 is 23.1 Å². The summed E-state index contributed by atoms with van der Waals surface area (Å²) in [6, 6.07) is 9.78. The van der Waals surface area contributed by atoms with E-state index in [2.05, 4.69) is 23.3 Å². The van der Waals surface area contributed by atoms with Gasteiger partial charge >= 0.3 is 0 Å². The van der Waals surface area contributed by atoms with Gasteiger partial charge in [0.2, 0.25) is 5.91 Å². The molecule has 1 aliphatic carbocycles. The van der Waals surface area contributed by atoms with E-state index in [0.29, 0.717) is 27.3 Å². The summed E-state index contributed by atoms with van der Waals surface area (Å²) >= 11 is 2.80. The van der Waals surface area contributed by atoms with Gasteiger partial charge in [0.15, 0.2) is 5.58 Å². The third-order valence-corrected chi connectivity index (χ3v) is 6.48. The van der Waals surface area contributed by atoms with E-state index in [-0.39, 0.29) is 11.7 Å². The molecule has 0 bridgehead atoms. The van der Waals surface area contributed by atoms with E-state index in [4.69, 9.17) is 4.42 Å². The highest BCUT2D eigenvalue weighted by atomic mass is 32.2. The van der Waals surface area contributed by atoms with Gasteiger partial charge in [0.1, 0.15) is 16.6 Å². The van der Waals surface area contributed by atoms with Gasteiger partial charge in [-0.2, -0.15) is 5.26 Å². The number of carbonyl (C=O) groups excluding carboxylic acids is 1. The van der Waals surface area contributed by atoms with Crippen molar-refractivity contribution < 1.29 is 9.21 Å². The molecule has 26 heavy (non-hydrogen) atoms. The van der Waals surface area contributed by atoms with Crippen molar-refractivity contribution in [3.63, 3.8) is 0 Å². The van der Waals surface area contributed by atoms with Crippen LogP contribution in [0.5, 0.6) is 0 Å². The lowest BCUT2D eigenvalue weighted by molar-refractivity contribution is -0.113. The summed E-state index contributed by atoms with van der Waals surface area (Å²) in [5.74, 6) is 0.669. The Bertz CT molecular complexity index is 983. The largest absolute Gasteiger partial charge is 0.431 e. The number of fused-ring (bicyclic) bond motifs is 2. The van der Waals surface area contributed by atoms with Crippen LogP contribution in [0.1, 0.15) is 29.3 Å². The van der Waals surface area contributed by atoms with E-state index < -0.39 is 0 Å². The van der Waals surface area contributed by atoms with E-state index in [9.17, 15) is 10.1 Å². The zero-order valence-electron chi connectivity index (χ0n) is 14.2. The minimum atomic E-state index is -0.152. The topological polar surface area (TPSA) is 78.9 Å². The summed E-state index contributed by atoms with van der Waals surface area (Å²) in [5.41, 5.74) is 3.25. The van der Waals surface area contributed by atoms with Crippen LogP contribution in [-0.4, -0.2) is 16.6 Å². The van der Waals surface area contributed by atoms with Crippen molar-refractivity contribution in [3.05, 3.63) is 40.3 Å². The van der Waals surface area contributed by atoms with Crippen LogP contribution in [-0.2, 0) is 17.6 Å². The summed E-state index contributed by atoms with van der Waals surface area (Å²) in [6.07, 6.45) is 3.00. The molecule has 7 heteroatoms. The van der Waals surface area contributed by atoms with Crippen molar-refractivity contribution >= 4 is 45.1 Å². The molecule has 3 aromatic rings. The van der Waals surface area contributed by atoms with E-state index in [1.54, 1.807) is 11.3 Å². The molecular formula is C19H17N3O2S2. The highest BCUT2D eigenvalue weighted by Crippen LogP contribution is 2.39. The first-order valence-electron chi connectivity index (χ1n) is 8.47. The molecule has 1 aliphatic rings.